The SMILES string of the molecule is C[C@H]1O[C@@H](O[C@H]2[C@H](O)[C@@H](O)[C@H](O)O[C@@H]2CO)[C@@H](O)[C@@H](O[C@H]2O[C@H](C)[C@@H](O)[C@H](O[C@H]3O[C@H](CO)[C@H](O)[C@H](O)[C@H]3O)[C@@H]2O)[C@@H]1O. The molecule has 4 aliphatic heterocycles. The van der Waals surface area contributed by atoms with Crippen molar-refractivity contribution in [2.24, 2.45) is 0 Å². The average molecular weight is 635 g/mol. The first kappa shape index (κ1) is 35.1. The van der Waals surface area contributed by atoms with E-state index in [2.05, 4.69) is 0 Å². The Labute approximate surface area is 244 Å². The normalized spacial score (nSPS) is 54.8. The summed E-state index contributed by atoms with van der Waals surface area (Å²) >= 11 is 0. The second-order valence-corrected chi connectivity index (χ2v) is 11.1. The Morgan fingerprint density at radius 2 is 0.860 bits per heavy atom. The van der Waals surface area contributed by atoms with Crippen LogP contribution in [0.5, 0.6) is 0 Å². The molecule has 0 amide bonds. The predicted octanol–water partition coefficient (Wildman–Crippen LogP) is -7.69. The minimum atomic E-state index is -1.88. The number of aliphatic hydroxyl groups excluding tert-OH is 12. The number of ether oxygens (including phenoxy) is 7. The van der Waals surface area contributed by atoms with Gasteiger partial charge < -0.3 is 94.4 Å². The van der Waals surface area contributed by atoms with Crippen LogP contribution >= 0.6 is 0 Å². The number of hydrogen-bond donors (Lipinski definition) is 12. The molecular formula is C24H42O19. The van der Waals surface area contributed by atoms with E-state index < -0.39 is 136 Å². The maximum Gasteiger partial charge on any atom is 0.187 e. The molecular weight excluding hydrogens is 592 g/mol. The summed E-state index contributed by atoms with van der Waals surface area (Å²) in [6.07, 6.45) is -32.4. The molecule has 0 aromatic rings. The third kappa shape index (κ3) is 7.00. The summed E-state index contributed by atoms with van der Waals surface area (Å²) < 4.78 is 38.3. The van der Waals surface area contributed by atoms with Crippen molar-refractivity contribution in [3.8, 4) is 0 Å². The van der Waals surface area contributed by atoms with Crippen LogP contribution in [0.25, 0.3) is 0 Å². The van der Waals surface area contributed by atoms with E-state index in [4.69, 9.17) is 33.2 Å². The summed E-state index contributed by atoms with van der Waals surface area (Å²) in [4.78, 5) is 0. The summed E-state index contributed by atoms with van der Waals surface area (Å²) in [5.41, 5.74) is 0. The topological polar surface area (TPSA) is 307 Å². The van der Waals surface area contributed by atoms with Gasteiger partial charge in [0.15, 0.2) is 25.2 Å². The van der Waals surface area contributed by atoms with Gasteiger partial charge in [-0.15, -0.1) is 0 Å². The van der Waals surface area contributed by atoms with Gasteiger partial charge in [0.25, 0.3) is 0 Å². The molecule has 4 heterocycles. The van der Waals surface area contributed by atoms with Gasteiger partial charge in [0, 0.05) is 0 Å². The number of hydrogen-bond acceptors (Lipinski definition) is 19. The molecule has 0 radical (unpaired) electrons. The largest absolute Gasteiger partial charge is 0.394 e. The zero-order valence-electron chi connectivity index (χ0n) is 23.2. The highest BCUT2D eigenvalue weighted by molar-refractivity contribution is 4.97. The van der Waals surface area contributed by atoms with E-state index in [1.54, 1.807) is 0 Å². The van der Waals surface area contributed by atoms with Gasteiger partial charge in [-0.25, -0.2) is 0 Å². The van der Waals surface area contributed by atoms with Crippen LogP contribution in [0.4, 0.5) is 0 Å². The van der Waals surface area contributed by atoms with Crippen LogP contribution in [0.2, 0.25) is 0 Å². The molecule has 4 rings (SSSR count). The fraction of sp³-hybridized carbons (Fsp3) is 1.00. The summed E-state index contributed by atoms with van der Waals surface area (Å²) in [7, 11) is 0. The maximum atomic E-state index is 11.0. The van der Waals surface area contributed by atoms with E-state index in [1.807, 2.05) is 0 Å². The molecule has 0 spiro atoms. The first-order chi connectivity index (χ1) is 20.2. The predicted molar refractivity (Wildman–Crippen MR) is 131 cm³/mol. The van der Waals surface area contributed by atoms with Gasteiger partial charge in [0.2, 0.25) is 0 Å². The third-order valence-electron chi connectivity index (χ3n) is 8.13. The summed E-state index contributed by atoms with van der Waals surface area (Å²) in [5, 5.41) is 123. The van der Waals surface area contributed by atoms with E-state index in [-0.39, 0.29) is 0 Å². The molecule has 43 heavy (non-hydrogen) atoms. The van der Waals surface area contributed by atoms with Gasteiger partial charge >= 0.3 is 0 Å². The van der Waals surface area contributed by atoms with E-state index in [0.29, 0.717) is 0 Å². The van der Waals surface area contributed by atoms with Crippen molar-refractivity contribution in [3.63, 3.8) is 0 Å². The second-order valence-electron chi connectivity index (χ2n) is 11.1. The van der Waals surface area contributed by atoms with Gasteiger partial charge in [-0.1, -0.05) is 0 Å². The molecule has 20 atom stereocenters. The molecule has 0 saturated carbocycles. The molecule has 0 bridgehead atoms. The average Bonchev–Trinajstić information content (AvgIpc) is 2.98. The van der Waals surface area contributed by atoms with Gasteiger partial charge in [-0.2, -0.15) is 0 Å². The quantitative estimate of drug-likeness (QED) is 0.118. The zero-order chi connectivity index (χ0) is 31.9. The molecule has 0 unspecified atom stereocenters. The highest BCUT2D eigenvalue weighted by atomic mass is 16.8. The smallest absolute Gasteiger partial charge is 0.187 e. The summed E-state index contributed by atoms with van der Waals surface area (Å²) in [6.45, 7) is 1.25. The molecule has 4 fully saturated rings. The Bertz CT molecular complexity index is 882. The highest BCUT2D eigenvalue weighted by Gasteiger charge is 2.54. The molecule has 4 saturated heterocycles. The van der Waals surface area contributed by atoms with Crippen LogP contribution in [0.15, 0.2) is 0 Å². The van der Waals surface area contributed by atoms with E-state index in [9.17, 15) is 61.3 Å². The lowest BCUT2D eigenvalue weighted by atomic mass is 9.96. The van der Waals surface area contributed by atoms with Crippen molar-refractivity contribution in [1.29, 1.82) is 0 Å². The third-order valence-corrected chi connectivity index (χ3v) is 8.13. The minimum absolute atomic E-state index is 0.755. The van der Waals surface area contributed by atoms with Crippen LogP contribution in [-0.4, -0.2) is 197 Å². The van der Waals surface area contributed by atoms with E-state index in [0.717, 1.165) is 0 Å². The first-order valence-electron chi connectivity index (χ1n) is 13.8. The zero-order valence-corrected chi connectivity index (χ0v) is 23.2. The fourth-order valence-electron chi connectivity index (χ4n) is 5.42. The van der Waals surface area contributed by atoms with Crippen LogP contribution in [-0.2, 0) is 33.2 Å². The lowest BCUT2D eigenvalue weighted by Crippen LogP contribution is -2.66. The Morgan fingerprint density at radius 1 is 0.419 bits per heavy atom. The van der Waals surface area contributed by atoms with E-state index in [1.165, 1.54) is 13.8 Å². The van der Waals surface area contributed by atoms with Crippen molar-refractivity contribution in [2.45, 2.75) is 137 Å². The lowest BCUT2D eigenvalue weighted by Gasteiger charge is -2.48. The Morgan fingerprint density at radius 3 is 1.33 bits per heavy atom. The molecule has 19 heteroatoms. The molecule has 0 aliphatic carbocycles. The van der Waals surface area contributed by atoms with E-state index >= 15 is 0 Å². The Kier molecular flexibility index (Phi) is 11.7. The van der Waals surface area contributed by atoms with Crippen molar-refractivity contribution in [3.05, 3.63) is 0 Å². The van der Waals surface area contributed by atoms with Gasteiger partial charge in [-0.3, -0.25) is 0 Å². The Hall–Kier alpha value is -0.760. The van der Waals surface area contributed by atoms with Gasteiger partial charge in [-0.05, 0) is 13.8 Å². The fourth-order valence-corrected chi connectivity index (χ4v) is 5.42. The van der Waals surface area contributed by atoms with Crippen LogP contribution in [0, 0.1) is 0 Å². The van der Waals surface area contributed by atoms with Gasteiger partial charge in [0.1, 0.15) is 85.5 Å². The second kappa shape index (κ2) is 14.3. The first-order valence-corrected chi connectivity index (χ1v) is 13.8. The molecule has 252 valence electrons. The van der Waals surface area contributed by atoms with Crippen molar-refractivity contribution >= 4 is 0 Å². The van der Waals surface area contributed by atoms with Crippen LogP contribution in [0.3, 0.4) is 0 Å². The molecule has 19 nitrogen and oxygen atoms in total. The maximum absolute atomic E-state index is 11.0. The van der Waals surface area contributed by atoms with Crippen LogP contribution in [0.1, 0.15) is 13.8 Å². The highest BCUT2D eigenvalue weighted by Crippen LogP contribution is 2.34. The summed E-state index contributed by atoms with van der Waals surface area (Å²) in [6, 6.07) is 0. The van der Waals surface area contributed by atoms with Crippen molar-refractivity contribution in [2.75, 3.05) is 13.2 Å². The molecule has 0 aromatic heterocycles. The Balaban J connectivity index is 1.48. The minimum Gasteiger partial charge on any atom is -0.394 e. The van der Waals surface area contributed by atoms with Crippen molar-refractivity contribution in [1.82, 2.24) is 0 Å². The monoisotopic (exact) mass is 634 g/mol. The molecule has 4 aliphatic rings. The number of rotatable bonds is 8. The molecule has 12 N–H and O–H groups in total. The van der Waals surface area contributed by atoms with Crippen LogP contribution < -0.4 is 0 Å². The standard InChI is InChI=1S/C24H42O19/c1-5-10(28)20(16(34)23(37-5)41-18-8(4-26)39-21(36)14(32)13(18)31)43-24-17(35)19(9(27)6(2)38-24)42-22-15(33)12(30)11(29)7(3-25)40-22/h5-36H,3-4H2,1-2H3/t5-,6-,7-,8-,9-,10-,11+,12+,13-,14-,15-,16+,17+,18-,19+,20+,21-,22-,23+,24-/m1/s1. The van der Waals surface area contributed by atoms with Gasteiger partial charge in [0.05, 0.1) is 25.4 Å². The summed E-state index contributed by atoms with van der Waals surface area (Å²) in [5.74, 6) is 0. The van der Waals surface area contributed by atoms with Crippen molar-refractivity contribution < 1.29 is 94.4 Å². The number of aliphatic hydroxyl groups is 12. The molecule has 0 aromatic carbocycles. The lowest BCUT2D eigenvalue weighted by molar-refractivity contribution is -0.385.